The number of benzene rings is 6. The van der Waals surface area contributed by atoms with E-state index in [1.54, 1.807) is 6.20 Å². The highest BCUT2D eigenvalue weighted by atomic mass is 15.0. The molecular weight excluding hydrogens is 601 g/mol. The molecule has 0 bridgehead atoms. The fourth-order valence-electron chi connectivity index (χ4n) is 6.69. The van der Waals surface area contributed by atoms with Crippen LogP contribution in [0.2, 0.25) is 0 Å². The summed E-state index contributed by atoms with van der Waals surface area (Å²) in [5.74, 6) is 1.89. The molecule has 0 fully saturated rings. The summed E-state index contributed by atoms with van der Waals surface area (Å²) in [6.45, 7) is 7.67. The van der Waals surface area contributed by atoms with Gasteiger partial charge in [-0.05, 0) is 69.8 Å². The SMILES string of the molecule is [C-]#[N+]c1ccc2c(c1)c1cc(-c3ccc(-c4nc(-c5ccccc5)nc(-c5ccccc5)n4)c4ccccc34)ccc1n2-c1cccnc1. The Hall–Kier alpha value is -6.97. The average molecular weight is 627 g/mol. The third-order valence-electron chi connectivity index (χ3n) is 8.96. The maximum Gasteiger partial charge on any atom is 0.188 e. The quantitative estimate of drug-likeness (QED) is 0.178. The summed E-state index contributed by atoms with van der Waals surface area (Å²) < 4.78 is 2.21. The summed E-state index contributed by atoms with van der Waals surface area (Å²) >= 11 is 0. The van der Waals surface area contributed by atoms with E-state index in [2.05, 4.69) is 75.1 Å². The number of hydrogen-bond donors (Lipinski definition) is 0. The number of nitrogens with zero attached hydrogens (tertiary/aromatic N) is 6. The van der Waals surface area contributed by atoms with Crippen molar-refractivity contribution in [1.29, 1.82) is 0 Å². The standard InChI is InChI=1S/C43H26N6/c1-44-31-19-23-40-38(26-31)37-25-30(18-22-39(37)49(40)32-15-10-24-45-27-32)33-20-21-36(35-17-9-8-16-34(33)35)43-47-41(28-11-4-2-5-12-28)46-42(48-43)29-13-6-3-7-14-29/h2-27H. The van der Waals surface area contributed by atoms with Crippen LogP contribution in [0.1, 0.15) is 0 Å². The van der Waals surface area contributed by atoms with E-state index in [9.17, 15) is 0 Å². The minimum atomic E-state index is 0.611. The van der Waals surface area contributed by atoms with Crippen LogP contribution in [-0.2, 0) is 0 Å². The number of pyridine rings is 1. The first-order valence-electron chi connectivity index (χ1n) is 16.0. The van der Waals surface area contributed by atoms with E-state index in [1.165, 1.54) is 0 Å². The summed E-state index contributed by atoms with van der Waals surface area (Å²) in [7, 11) is 0. The van der Waals surface area contributed by atoms with Crippen molar-refractivity contribution in [1.82, 2.24) is 24.5 Å². The molecule has 6 nitrogen and oxygen atoms in total. The van der Waals surface area contributed by atoms with Gasteiger partial charge in [-0.2, -0.15) is 0 Å². The van der Waals surface area contributed by atoms with E-state index >= 15 is 0 Å². The molecule has 0 aliphatic rings. The van der Waals surface area contributed by atoms with Crippen LogP contribution >= 0.6 is 0 Å². The van der Waals surface area contributed by atoms with Crippen molar-refractivity contribution in [3.05, 3.63) is 169 Å². The number of fused-ring (bicyclic) bond motifs is 4. The van der Waals surface area contributed by atoms with Crippen molar-refractivity contribution in [3.8, 4) is 51.0 Å². The zero-order chi connectivity index (χ0) is 32.7. The third-order valence-corrected chi connectivity index (χ3v) is 8.96. The van der Waals surface area contributed by atoms with Crippen molar-refractivity contribution in [2.24, 2.45) is 0 Å². The van der Waals surface area contributed by atoms with Gasteiger partial charge in [0.05, 0.1) is 29.5 Å². The van der Waals surface area contributed by atoms with E-state index in [0.717, 1.165) is 66.1 Å². The molecule has 228 valence electrons. The first-order valence-corrected chi connectivity index (χ1v) is 16.0. The third kappa shape index (κ3) is 4.89. The molecule has 3 heterocycles. The Kier molecular flexibility index (Phi) is 6.74. The highest BCUT2D eigenvalue weighted by Gasteiger charge is 2.18. The van der Waals surface area contributed by atoms with Gasteiger partial charge in [-0.25, -0.2) is 19.8 Å². The Morgan fingerprint density at radius 1 is 0.469 bits per heavy atom. The average Bonchev–Trinajstić information content (AvgIpc) is 3.51. The largest absolute Gasteiger partial charge is 0.308 e. The molecule has 9 rings (SSSR count). The summed E-state index contributed by atoms with van der Waals surface area (Å²) in [4.78, 5) is 23.0. The topological polar surface area (TPSA) is 60.9 Å². The van der Waals surface area contributed by atoms with Crippen LogP contribution in [0.4, 0.5) is 5.69 Å². The van der Waals surface area contributed by atoms with Gasteiger partial charge in [-0.15, -0.1) is 0 Å². The summed E-state index contributed by atoms with van der Waals surface area (Å²) in [6.07, 6.45) is 3.65. The zero-order valence-electron chi connectivity index (χ0n) is 26.2. The van der Waals surface area contributed by atoms with Gasteiger partial charge in [-0.3, -0.25) is 4.98 Å². The zero-order valence-corrected chi connectivity index (χ0v) is 26.2. The lowest BCUT2D eigenvalue weighted by molar-refractivity contribution is 1.08. The smallest absolute Gasteiger partial charge is 0.188 e. The second kappa shape index (κ2) is 11.7. The molecule has 0 radical (unpaired) electrons. The molecule has 6 aromatic carbocycles. The maximum absolute atomic E-state index is 7.67. The van der Waals surface area contributed by atoms with Gasteiger partial charge in [0, 0.05) is 28.3 Å². The van der Waals surface area contributed by atoms with E-state index in [1.807, 2.05) is 91.1 Å². The lowest BCUT2D eigenvalue weighted by atomic mass is 9.94. The van der Waals surface area contributed by atoms with Crippen molar-refractivity contribution >= 4 is 38.3 Å². The fourth-order valence-corrected chi connectivity index (χ4v) is 6.69. The molecule has 0 atom stereocenters. The molecule has 9 aromatic rings. The molecule has 0 spiro atoms. The first kappa shape index (κ1) is 28.3. The summed E-state index contributed by atoms with van der Waals surface area (Å²) in [6, 6.07) is 49.3. The van der Waals surface area contributed by atoms with Crippen LogP contribution in [0.15, 0.2) is 158 Å². The highest BCUT2D eigenvalue weighted by Crippen LogP contribution is 2.40. The Morgan fingerprint density at radius 3 is 1.71 bits per heavy atom. The molecule has 0 unspecified atom stereocenters. The first-order chi connectivity index (χ1) is 24.2. The van der Waals surface area contributed by atoms with Gasteiger partial charge >= 0.3 is 0 Å². The van der Waals surface area contributed by atoms with Crippen molar-refractivity contribution < 1.29 is 0 Å². The van der Waals surface area contributed by atoms with Crippen molar-refractivity contribution in [2.75, 3.05) is 0 Å². The molecule has 0 amide bonds. The molecule has 3 aromatic heterocycles. The van der Waals surface area contributed by atoms with Crippen LogP contribution in [0.5, 0.6) is 0 Å². The Balaban J connectivity index is 1.24. The lowest BCUT2D eigenvalue weighted by Crippen LogP contribution is -2.00. The minimum absolute atomic E-state index is 0.611. The van der Waals surface area contributed by atoms with E-state index in [0.29, 0.717) is 23.2 Å². The van der Waals surface area contributed by atoms with Gasteiger partial charge in [0.1, 0.15) is 0 Å². The molecule has 0 aliphatic carbocycles. The lowest BCUT2D eigenvalue weighted by Gasteiger charge is -2.13. The predicted molar refractivity (Wildman–Crippen MR) is 197 cm³/mol. The predicted octanol–water partition coefficient (Wildman–Crippen LogP) is 10.7. The van der Waals surface area contributed by atoms with Crippen LogP contribution in [-0.4, -0.2) is 24.5 Å². The van der Waals surface area contributed by atoms with Crippen molar-refractivity contribution in [3.63, 3.8) is 0 Å². The molecule has 49 heavy (non-hydrogen) atoms. The summed E-state index contributed by atoms with van der Waals surface area (Å²) in [5.41, 5.74) is 8.67. The van der Waals surface area contributed by atoms with Gasteiger partial charge in [0.15, 0.2) is 23.2 Å². The molecule has 0 saturated heterocycles. The molecule has 6 heteroatoms. The fraction of sp³-hybridized carbons (Fsp3) is 0. The Labute approximate surface area is 282 Å². The minimum Gasteiger partial charge on any atom is -0.308 e. The molecule has 0 saturated carbocycles. The van der Waals surface area contributed by atoms with Gasteiger partial charge < -0.3 is 4.57 Å². The Morgan fingerprint density at radius 2 is 1.06 bits per heavy atom. The monoisotopic (exact) mass is 626 g/mol. The van der Waals surface area contributed by atoms with Crippen LogP contribution in [0, 0.1) is 6.57 Å². The van der Waals surface area contributed by atoms with Crippen LogP contribution in [0.25, 0.3) is 88.4 Å². The second-order valence-corrected chi connectivity index (χ2v) is 11.8. The normalized spacial score (nSPS) is 11.2. The second-order valence-electron chi connectivity index (χ2n) is 11.8. The molecule has 0 aliphatic heterocycles. The Bertz CT molecular complexity index is 2650. The van der Waals surface area contributed by atoms with Crippen LogP contribution in [0.3, 0.4) is 0 Å². The number of hydrogen-bond acceptors (Lipinski definition) is 4. The number of aromatic nitrogens is 5. The highest BCUT2D eigenvalue weighted by molar-refractivity contribution is 6.13. The van der Waals surface area contributed by atoms with E-state index in [-0.39, 0.29) is 0 Å². The molecule has 0 N–H and O–H groups in total. The van der Waals surface area contributed by atoms with E-state index in [4.69, 9.17) is 21.5 Å². The van der Waals surface area contributed by atoms with Gasteiger partial charge in [-0.1, -0.05) is 103 Å². The molecular formula is C43H26N6. The van der Waals surface area contributed by atoms with Gasteiger partial charge in [0.25, 0.3) is 0 Å². The van der Waals surface area contributed by atoms with E-state index < -0.39 is 0 Å². The number of rotatable bonds is 5. The van der Waals surface area contributed by atoms with Crippen molar-refractivity contribution in [2.45, 2.75) is 0 Å². The maximum atomic E-state index is 7.67. The summed E-state index contributed by atoms with van der Waals surface area (Å²) in [5, 5.41) is 4.26. The van der Waals surface area contributed by atoms with Crippen LogP contribution < -0.4 is 0 Å². The van der Waals surface area contributed by atoms with Gasteiger partial charge in [0.2, 0.25) is 0 Å².